The minimum absolute atomic E-state index is 0.0115. The number of fused-ring (bicyclic) bond motifs is 1. The Balaban J connectivity index is 1.60. The van der Waals surface area contributed by atoms with E-state index in [-0.39, 0.29) is 28.2 Å². The fourth-order valence-electron chi connectivity index (χ4n) is 3.49. The van der Waals surface area contributed by atoms with Gasteiger partial charge in [-0.3, -0.25) is 9.78 Å². The summed E-state index contributed by atoms with van der Waals surface area (Å²) in [5, 5.41) is 15.2. The zero-order valence-corrected chi connectivity index (χ0v) is 17.9. The van der Waals surface area contributed by atoms with Crippen LogP contribution >= 0.6 is 23.2 Å². The first-order chi connectivity index (χ1) is 15.5. The minimum Gasteiger partial charge on any atom is -0.508 e. The Morgan fingerprint density at radius 1 is 1.03 bits per heavy atom. The molecule has 3 aromatic heterocycles. The summed E-state index contributed by atoms with van der Waals surface area (Å²) in [4.78, 5) is 21.5. The van der Waals surface area contributed by atoms with Gasteiger partial charge in [-0.2, -0.15) is 4.98 Å². The highest BCUT2D eigenvalue weighted by atomic mass is 35.5. The van der Waals surface area contributed by atoms with Crippen LogP contribution in [-0.4, -0.2) is 30.6 Å². The number of aromatic hydroxyl groups is 1. The van der Waals surface area contributed by atoms with Crippen LogP contribution in [0.25, 0.3) is 22.4 Å². The molecule has 0 radical (unpaired) electrons. The van der Waals surface area contributed by atoms with Gasteiger partial charge >= 0.3 is 0 Å². The van der Waals surface area contributed by atoms with Crippen molar-refractivity contribution in [3.63, 3.8) is 0 Å². The van der Waals surface area contributed by atoms with Crippen LogP contribution in [-0.2, 0) is 6.54 Å². The third-order valence-corrected chi connectivity index (χ3v) is 5.67. The summed E-state index contributed by atoms with van der Waals surface area (Å²) in [6.45, 7) is 0.402. The third-order valence-electron chi connectivity index (χ3n) is 5.02. The number of aromatic nitrogens is 4. The molecule has 5 aromatic rings. The first-order valence-corrected chi connectivity index (χ1v) is 10.3. The molecule has 3 heterocycles. The number of hydrogen-bond donors (Lipinski definition) is 1. The molecule has 32 heavy (non-hydrogen) atoms. The van der Waals surface area contributed by atoms with Crippen LogP contribution in [0.2, 0.25) is 10.2 Å². The van der Waals surface area contributed by atoms with E-state index in [4.69, 9.17) is 27.7 Å². The lowest BCUT2D eigenvalue weighted by Gasteiger charge is -2.08. The number of halogens is 2. The molecule has 0 saturated carbocycles. The van der Waals surface area contributed by atoms with Crippen LogP contribution in [0.5, 0.6) is 5.75 Å². The number of hydrogen-bond acceptors (Lipinski definition) is 6. The number of carbonyl (C=O) groups excluding carboxylic acids is 1. The number of ketones is 1. The van der Waals surface area contributed by atoms with Crippen molar-refractivity contribution in [2.75, 3.05) is 0 Å². The van der Waals surface area contributed by atoms with Crippen molar-refractivity contribution < 1.29 is 14.4 Å². The molecule has 0 aliphatic heterocycles. The molecule has 0 saturated heterocycles. The Morgan fingerprint density at radius 2 is 1.78 bits per heavy atom. The summed E-state index contributed by atoms with van der Waals surface area (Å²) < 4.78 is 7.05. The number of phenols is 1. The van der Waals surface area contributed by atoms with E-state index in [1.54, 1.807) is 53.4 Å². The molecular weight excluding hydrogens is 451 g/mol. The van der Waals surface area contributed by atoms with Gasteiger partial charge in [0.15, 0.2) is 0 Å². The van der Waals surface area contributed by atoms with Crippen molar-refractivity contribution in [2.24, 2.45) is 0 Å². The second-order valence-corrected chi connectivity index (χ2v) is 7.86. The Morgan fingerprint density at radius 3 is 2.53 bits per heavy atom. The summed E-state index contributed by atoms with van der Waals surface area (Å²) >= 11 is 12.7. The van der Waals surface area contributed by atoms with Crippen molar-refractivity contribution >= 4 is 39.9 Å². The highest BCUT2D eigenvalue weighted by molar-refractivity contribution is 6.37. The molecule has 0 amide bonds. The van der Waals surface area contributed by atoms with E-state index in [2.05, 4.69) is 15.1 Å². The Hall–Kier alpha value is -3.68. The predicted molar refractivity (Wildman–Crippen MR) is 120 cm³/mol. The molecule has 9 heteroatoms. The van der Waals surface area contributed by atoms with E-state index >= 15 is 0 Å². The van der Waals surface area contributed by atoms with Gasteiger partial charge in [0, 0.05) is 34.9 Å². The van der Waals surface area contributed by atoms with Crippen molar-refractivity contribution in [3.05, 3.63) is 94.1 Å². The maximum absolute atomic E-state index is 13.4. The monoisotopic (exact) mass is 464 g/mol. The van der Waals surface area contributed by atoms with Gasteiger partial charge in [-0.25, -0.2) is 0 Å². The second-order valence-electron chi connectivity index (χ2n) is 7.07. The zero-order chi connectivity index (χ0) is 22.2. The number of nitrogens with zero attached hydrogens (tertiary/aromatic N) is 4. The summed E-state index contributed by atoms with van der Waals surface area (Å²) in [6.07, 6.45) is 3.18. The fraction of sp³-hybridized carbons (Fsp3) is 0.0435. The smallest absolute Gasteiger partial charge is 0.258 e. The zero-order valence-electron chi connectivity index (χ0n) is 16.4. The maximum atomic E-state index is 13.4. The number of pyridine rings is 1. The average Bonchev–Trinajstić information content (AvgIpc) is 3.39. The lowest BCUT2D eigenvalue weighted by molar-refractivity contribution is 0.102. The molecule has 0 atom stereocenters. The Bertz CT molecular complexity index is 1440. The number of phenolic OH excluding ortho intramolecular Hbond substituents is 1. The highest BCUT2D eigenvalue weighted by Crippen LogP contribution is 2.34. The van der Waals surface area contributed by atoms with Crippen molar-refractivity contribution in [1.82, 2.24) is 19.7 Å². The fourth-order valence-corrected chi connectivity index (χ4v) is 3.96. The Labute approximate surface area is 191 Å². The van der Waals surface area contributed by atoms with E-state index in [1.165, 1.54) is 6.07 Å². The van der Waals surface area contributed by atoms with E-state index in [1.807, 2.05) is 12.1 Å². The molecule has 0 aliphatic carbocycles. The summed E-state index contributed by atoms with van der Waals surface area (Å²) in [6, 6.07) is 15.5. The van der Waals surface area contributed by atoms with Gasteiger partial charge in [0.1, 0.15) is 10.9 Å². The third kappa shape index (κ3) is 3.62. The first-order valence-electron chi connectivity index (χ1n) is 9.55. The summed E-state index contributed by atoms with van der Waals surface area (Å²) in [7, 11) is 0. The lowest BCUT2D eigenvalue weighted by atomic mass is 10.1. The maximum Gasteiger partial charge on any atom is 0.258 e. The predicted octanol–water partition coefficient (Wildman–Crippen LogP) is 5.38. The topological polar surface area (TPSA) is 94.0 Å². The molecule has 0 spiro atoms. The molecule has 1 N–H and O–H groups in total. The van der Waals surface area contributed by atoms with Gasteiger partial charge in [0.25, 0.3) is 5.89 Å². The second kappa shape index (κ2) is 8.11. The van der Waals surface area contributed by atoms with Gasteiger partial charge in [-0.05, 0) is 48.0 Å². The van der Waals surface area contributed by atoms with Gasteiger partial charge in [0.05, 0.1) is 11.1 Å². The molecule has 0 bridgehead atoms. The summed E-state index contributed by atoms with van der Waals surface area (Å²) in [5.74, 6) is -0.436. The summed E-state index contributed by atoms with van der Waals surface area (Å²) in [5.41, 5.74) is 2.46. The molecule has 0 unspecified atom stereocenters. The number of rotatable bonds is 5. The van der Waals surface area contributed by atoms with Crippen LogP contribution in [0.4, 0.5) is 0 Å². The van der Waals surface area contributed by atoms with Crippen LogP contribution < -0.4 is 0 Å². The normalized spacial score (nSPS) is 11.2. The SMILES string of the molecule is O=C(c1noc(-c2ccncc2)n1)c1c(Cl)n(Cc2ccc(Cl)cc2)c2ccc(O)cc12. The number of carbonyl (C=O) groups is 1. The molecule has 5 rings (SSSR count). The van der Waals surface area contributed by atoms with Gasteiger partial charge in [0.2, 0.25) is 11.6 Å². The largest absolute Gasteiger partial charge is 0.508 e. The van der Waals surface area contributed by atoms with E-state index in [0.717, 1.165) is 5.56 Å². The van der Waals surface area contributed by atoms with Crippen molar-refractivity contribution in [3.8, 4) is 17.2 Å². The van der Waals surface area contributed by atoms with E-state index in [9.17, 15) is 9.90 Å². The molecule has 0 aliphatic rings. The molecule has 2 aromatic carbocycles. The van der Waals surface area contributed by atoms with Gasteiger partial charge in [-0.15, -0.1) is 0 Å². The van der Waals surface area contributed by atoms with Gasteiger partial charge < -0.3 is 14.2 Å². The lowest BCUT2D eigenvalue weighted by Crippen LogP contribution is -2.05. The van der Waals surface area contributed by atoms with Gasteiger partial charge in [-0.1, -0.05) is 40.5 Å². The van der Waals surface area contributed by atoms with Crippen molar-refractivity contribution in [1.29, 1.82) is 0 Å². The standard InChI is InChI=1S/C23H14Cl2N4O3/c24-15-3-1-13(2-4-15)12-29-18-6-5-16(30)11-17(18)19(21(29)25)20(31)22-27-23(32-28-22)14-7-9-26-10-8-14/h1-11,30H,12H2. The minimum atomic E-state index is -0.510. The number of benzene rings is 2. The highest BCUT2D eigenvalue weighted by Gasteiger charge is 2.27. The van der Waals surface area contributed by atoms with E-state index < -0.39 is 5.78 Å². The molecular formula is C23H14Cl2N4O3. The van der Waals surface area contributed by atoms with Crippen LogP contribution in [0.15, 0.2) is 71.5 Å². The Kier molecular flexibility index (Phi) is 5.13. The quantitative estimate of drug-likeness (QED) is 0.351. The van der Waals surface area contributed by atoms with Crippen molar-refractivity contribution in [2.45, 2.75) is 6.54 Å². The average molecular weight is 465 g/mol. The first kappa shape index (κ1) is 20.2. The van der Waals surface area contributed by atoms with Crippen LogP contribution in [0.3, 0.4) is 0 Å². The van der Waals surface area contributed by atoms with E-state index in [0.29, 0.717) is 28.0 Å². The van der Waals surface area contributed by atoms with Crippen LogP contribution in [0.1, 0.15) is 21.7 Å². The molecule has 0 fully saturated rings. The molecule has 158 valence electrons. The molecule has 7 nitrogen and oxygen atoms in total. The van der Waals surface area contributed by atoms with Crippen LogP contribution in [0, 0.1) is 0 Å².